The number of halogens is 1. The number of carbonyl (C=O) groups excluding carboxylic acids is 1. The SMILES string of the molecule is CCc1nnc(NC(=O)C2CCN(S(=O)(=O)c3ccc(F)cc3)CC2)s1. The summed E-state index contributed by atoms with van der Waals surface area (Å²) in [5, 5.41) is 11.9. The first-order valence-electron chi connectivity index (χ1n) is 8.29. The summed E-state index contributed by atoms with van der Waals surface area (Å²) in [6.45, 7) is 2.45. The van der Waals surface area contributed by atoms with Crippen molar-refractivity contribution in [2.75, 3.05) is 18.4 Å². The summed E-state index contributed by atoms with van der Waals surface area (Å²) < 4.78 is 39.5. The molecule has 1 aromatic heterocycles. The Morgan fingerprint density at radius 3 is 2.50 bits per heavy atom. The van der Waals surface area contributed by atoms with Gasteiger partial charge in [0.05, 0.1) is 4.90 Å². The highest BCUT2D eigenvalue weighted by Gasteiger charge is 2.32. The third-order valence-electron chi connectivity index (χ3n) is 4.28. The molecule has 0 spiro atoms. The lowest BCUT2D eigenvalue weighted by molar-refractivity contribution is -0.120. The normalized spacial score (nSPS) is 16.5. The van der Waals surface area contributed by atoms with Gasteiger partial charge in [-0.05, 0) is 43.5 Å². The number of sulfonamides is 1. The first-order valence-corrected chi connectivity index (χ1v) is 10.5. The molecule has 7 nitrogen and oxygen atoms in total. The molecule has 0 aliphatic carbocycles. The molecule has 0 bridgehead atoms. The Kier molecular flexibility index (Phi) is 5.64. The van der Waals surface area contributed by atoms with Gasteiger partial charge in [0.2, 0.25) is 21.1 Å². The minimum Gasteiger partial charge on any atom is -0.300 e. The van der Waals surface area contributed by atoms with Crippen molar-refractivity contribution in [3.63, 3.8) is 0 Å². The van der Waals surface area contributed by atoms with Crippen molar-refractivity contribution in [2.45, 2.75) is 31.1 Å². The van der Waals surface area contributed by atoms with Crippen molar-refractivity contribution in [3.05, 3.63) is 35.1 Å². The number of anilines is 1. The Morgan fingerprint density at radius 1 is 1.27 bits per heavy atom. The molecule has 1 aliphatic heterocycles. The number of carbonyl (C=O) groups is 1. The number of hydrogen-bond donors (Lipinski definition) is 1. The molecular formula is C16H19FN4O3S2. The number of benzene rings is 1. The molecule has 2 aromatic rings. The van der Waals surface area contributed by atoms with Crippen LogP contribution in [0.5, 0.6) is 0 Å². The molecule has 1 N–H and O–H groups in total. The largest absolute Gasteiger partial charge is 0.300 e. The van der Waals surface area contributed by atoms with Gasteiger partial charge in [-0.15, -0.1) is 10.2 Å². The Bertz CT molecular complexity index is 875. The van der Waals surface area contributed by atoms with E-state index in [4.69, 9.17) is 0 Å². The standard InChI is InChI=1S/C16H19FN4O3S2/c1-2-14-19-20-16(25-14)18-15(22)11-7-9-21(10-8-11)26(23,24)13-5-3-12(17)4-6-13/h3-6,11H,2,7-10H2,1H3,(H,18,20,22). The van der Waals surface area contributed by atoms with E-state index in [1.165, 1.54) is 27.8 Å². The summed E-state index contributed by atoms with van der Waals surface area (Å²) in [5.41, 5.74) is 0. The van der Waals surface area contributed by atoms with Crippen molar-refractivity contribution >= 4 is 32.4 Å². The molecule has 0 atom stereocenters. The van der Waals surface area contributed by atoms with Gasteiger partial charge in [0.25, 0.3) is 0 Å². The van der Waals surface area contributed by atoms with Gasteiger partial charge in [-0.25, -0.2) is 12.8 Å². The number of nitrogens with one attached hydrogen (secondary N) is 1. The number of aryl methyl sites for hydroxylation is 1. The zero-order valence-corrected chi connectivity index (χ0v) is 15.8. The Hall–Kier alpha value is -1.91. The molecule has 0 unspecified atom stereocenters. The molecule has 140 valence electrons. The highest BCUT2D eigenvalue weighted by molar-refractivity contribution is 7.89. The number of rotatable bonds is 5. The highest BCUT2D eigenvalue weighted by Crippen LogP contribution is 2.25. The molecule has 0 saturated carbocycles. The zero-order chi connectivity index (χ0) is 18.7. The summed E-state index contributed by atoms with van der Waals surface area (Å²) in [6.07, 6.45) is 1.60. The van der Waals surface area contributed by atoms with E-state index in [0.29, 0.717) is 18.0 Å². The van der Waals surface area contributed by atoms with Crippen LogP contribution in [0.1, 0.15) is 24.8 Å². The van der Waals surface area contributed by atoms with Crippen LogP contribution in [0.15, 0.2) is 29.2 Å². The lowest BCUT2D eigenvalue weighted by Gasteiger charge is -2.30. The number of piperidine rings is 1. The summed E-state index contributed by atoms with van der Waals surface area (Å²) in [5.74, 6) is -0.923. The van der Waals surface area contributed by atoms with Crippen LogP contribution in [0.25, 0.3) is 0 Å². The van der Waals surface area contributed by atoms with Crippen LogP contribution in [0.3, 0.4) is 0 Å². The van der Waals surface area contributed by atoms with E-state index in [9.17, 15) is 17.6 Å². The van der Waals surface area contributed by atoms with Crippen LogP contribution in [0.2, 0.25) is 0 Å². The molecule has 1 saturated heterocycles. The maximum Gasteiger partial charge on any atom is 0.243 e. The van der Waals surface area contributed by atoms with E-state index in [2.05, 4.69) is 15.5 Å². The highest BCUT2D eigenvalue weighted by atomic mass is 32.2. The first kappa shape index (κ1) is 18.9. The molecule has 1 amide bonds. The first-order chi connectivity index (χ1) is 12.4. The second-order valence-electron chi connectivity index (χ2n) is 5.98. The third-order valence-corrected chi connectivity index (χ3v) is 7.17. The van der Waals surface area contributed by atoms with Gasteiger partial charge >= 0.3 is 0 Å². The zero-order valence-electron chi connectivity index (χ0n) is 14.2. The fourth-order valence-corrected chi connectivity index (χ4v) is 4.92. The van der Waals surface area contributed by atoms with Crippen LogP contribution < -0.4 is 5.32 Å². The minimum absolute atomic E-state index is 0.0581. The van der Waals surface area contributed by atoms with Crippen molar-refractivity contribution in [3.8, 4) is 0 Å². The van der Waals surface area contributed by atoms with Crippen LogP contribution in [0, 0.1) is 11.7 Å². The van der Waals surface area contributed by atoms with Gasteiger partial charge in [0, 0.05) is 19.0 Å². The summed E-state index contributed by atoms with van der Waals surface area (Å²) in [6, 6.07) is 4.76. The fourth-order valence-electron chi connectivity index (χ4n) is 2.77. The van der Waals surface area contributed by atoms with Crippen molar-refractivity contribution in [1.29, 1.82) is 0 Å². The van der Waals surface area contributed by atoms with Gasteiger partial charge < -0.3 is 5.32 Å². The van der Waals surface area contributed by atoms with E-state index >= 15 is 0 Å². The summed E-state index contributed by atoms with van der Waals surface area (Å²) in [7, 11) is -3.67. The van der Waals surface area contributed by atoms with Crippen LogP contribution >= 0.6 is 11.3 Å². The van der Waals surface area contributed by atoms with Crippen molar-refractivity contribution in [2.24, 2.45) is 5.92 Å². The fraction of sp³-hybridized carbons (Fsp3) is 0.438. The Labute approximate surface area is 155 Å². The quantitative estimate of drug-likeness (QED) is 0.834. The smallest absolute Gasteiger partial charge is 0.243 e. The maximum absolute atomic E-state index is 13.0. The molecule has 26 heavy (non-hydrogen) atoms. The maximum atomic E-state index is 13.0. The van der Waals surface area contributed by atoms with Crippen LogP contribution in [-0.4, -0.2) is 41.9 Å². The van der Waals surface area contributed by atoms with Gasteiger partial charge in [-0.2, -0.15) is 4.31 Å². The second-order valence-corrected chi connectivity index (χ2v) is 8.98. The molecular weight excluding hydrogens is 379 g/mol. The van der Waals surface area contributed by atoms with E-state index in [-0.39, 0.29) is 29.8 Å². The molecule has 10 heteroatoms. The predicted molar refractivity (Wildman–Crippen MR) is 95.8 cm³/mol. The lowest BCUT2D eigenvalue weighted by Crippen LogP contribution is -2.41. The van der Waals surface area contributed by atoms with E-state index in [1.807, 2.05) is 6.92 Å². The monoisotopic (exact) mass is 398 g/mol. The van der Waals surface area contributed by atoms with E-state index in [0.717, 1.165) is 23.6 Å². The van der Waals surface area contributed by atoms with Crippen molar-refractivity contribution in [1.82, 2.24) is 14.5 Å². The summed E-state index contributed by atoms with van der Waals surface area (Å²) in [4.78, 5) is 12.4. The third kappa shape index (κ3) is 4.08. The molecule has 1 aromatic carbocycles. The number of nitrogens with zero attached hydrogens (tertiary/aromatic N) is 3. The molecule has 1 aliphatic rings. The number of aromatic nitrogens is 2. The lowest BCUT2D eigenvalue weighted by atomic mass is 9.97. The second kappa shape index (κ2) is 7.77. The minimum atomic E-state index is -3.67. The van der Waals surface area contributed by atoms with E-state index in [1.54, 1.807) is 0 Å². The van der Waals surface area contributed by atoms with Gasteiger partial charge in [0.1, 0.15) is 10.8 Å². The number of hydrogen-bond acceptors (Lipinski definition) is 6. The number of amides is 1. The van der Waals surface area contributed by atoms with Crippen LogP contribution in [0.4, 0.5) is 9.52 Å². The predicted octanol–water partition coefficient (Wildman–Crippen LogP) is 2.28. The van der Waals surface area contributed by atoms with Crippen LogP contribution in [-0.2, 0) is 21.2 Å². The average molecular weight is 398 g/mol. The van der Waals surface area contributed by atoms with Gasteiger partial charge in [0.15, 0.2) is 0 Å². The molecule has 3 rings (SSSR count). The molecule has 1 fully saturated rings. The Morgan fingerprint density at radius 2 is 1.92 bits per heavy atom. The average Bonchev–Trinajstić information content (AvgIpc) is 3.10. The van der Waals surface area contributed by atoms with Gasteiger partial charge in [-0.3, -0.25) is 4.79 Å². The van der Waals surface area contributed by atoms with E-state index < -0.39 is 15.8 Å². The molecule has 2 heterocycles. The summed E-state index contributed by atoms with van der Waals surface area (Å²) >= 11 is 1.34. The Balaban J connectivity index is 1.59. The van der Waals surface area contributed by atoms with Gasteiger partial charge in [-0.1, -0.05) is 18.3 Å². The molecule has 0 radical (unpaired) electrons. The topological polar surface area (TPSA) is 92.3 Å². The van der Waals surface area contributed by atoms with Crippen molar-refractivity contribution < 1.29 is 17.6 Å².